The van der Waals surface area contributed by atoms with Crippen LogP contribution in [0.4, 0.5) is 0 Å². The van der Waals surface area contributed by atoms with Crippen molar-refractivity contribution >= 4 is 0 Å². The summed E-state index contributed by atoms with van der Waals surface area (Å²) in [4.78, 5) is 0. The molecule has 0 amide bonds. The molecule has 1 unspecified atom stereocenters. The fraction of sp³-hybridized carbons (Fsp3) is 0.0667. The van der Waals surface area contributed by atoms with Crippen LogP contribution in [0.15, 0.2) is 77.9 Å². The van der Waals surface area contributed by atoms with Crippen molar-refractivity contribution in [2.24, 2.45) is 0 Å². The van der Waals surface area contributed by atoms with E-state index in [2.05, 4.69) is 66.8 Å². The lowest BCUT2D eigenvalue weighted by molar-refractivity contribution is 1.00. The van der Waals surface area contributed by atoms with Crippen molar-refractivity contribution in [3.63, 3.8) is 0 Å². The molecule has 3 rings (SSSR count). The maximum Gasteiger partial charge on any atom is 0.0278 e. The van der Waals surface area contributed by atoms with Crippen molar-refractivity contribution < 1.29 is 0 Å². The van der Waals surface area contributed by atoms with Gasteiger partial charge in [0.2, 0.25) is 0 Å². The number of hydrogen-bond acceptors (Lipinski definition) is 0. The lowest BCUT2D eigenvalue weighted by atomic mass is 9.85. The van der Waals surface area contributed by atoms with E-state index in [0.717, 1.165) is 0 Å². The second kappa shape index (κ2) is 3.39. The van der Waals surface area contributed by atoms with E-state index in [9.17, 15) is 0 Å². The molecular weight excluding hydrogens is 180 g/mol. The van der Waals surface area contributed by atoms with Crippen molar-refractivity contribution in [1.82, 2.24) is 0 Å². The molecule has 0 bridgehead atoms. The average Bonchev–Trinajstić information content (AvgIpc) is 2.78. The standard InChI is InChI=1S/C15H12/c1-2-6-12(7-3-1)14-10-4-8-13-9-5-11-15(13)14/h1-11,14H. The van der Waals surface area contributed by atoms with Crippen LogP contribution in [-0.4, -0.2) is 0 Å². The number of rotatable bonds is 1. The van der Waals surface area contributed by atoms with Crippen molar-refractivity contribution in [2.45, 2.75) is 5.92 Å². The Morgan fingerprint density at radius 3 is 2.60 bits per heavy atom. The van der Waals surface area contributed by atoms with Gasteiger partial charge in [0.15, 0.2) is 0 Å². The van der Waals surface area contributed by atoms with Crippen LogP contribution < -0.4 is 0 Å². The maximum absolute atomic E-state index is 2.26. The fourth-order valence-electron chi connectivity index (χ4n) is 2.21. The Morgan fingerprint density at radius 1 is 0.867 bits per heavy atom. The molecule has 0 spiro atoms. The lowest BCUT2D eigenvalue weighted by Crippen LogP contribution is -2.02. The van der Waals surface area contributed by atoms with Gasteiger partial charge in [-0.05, 0) is 16.7 Å². The van der Waals surface area contributed by atoms with Crippen LogP contribution >= 0.6 is 0 Å². The largest absolute Gasteiger partial charge is 0.0726 e. The molecule has 0 radical (unpaired) electrons. The first-order valence-corrected chi connectivity index (χ1v) is 5.27. The summed E-state index contributed by atoms with van der Waals surface area (Å²) in [5, 5.41) is 0. The quantitative estimate of drug-likeness (QED) is 0.635. The van der Waals surface area contributed by atoms with Gasteiger partial charge < -0.3 is 0 Å². The molecule has 0 heterocycles. The van der Waals surface area contributed by atoms with Gasteiger partial charge in [-0.1, -0.05) is 66.8 Å². The molecule has 1 atom stereocenters. The number of benzene rings is 1. The van der Waals surface area contributed by atoms with E-state index in [4.69, 9.17) is 0 Å². The molecule has 15 heavy (non-hydrogen) atoms. The monoisotopic (exact) mass is 192 g/mol. The van der Waals surface area contributed by atoms with Crippen LogP contribution in [0.2, 0.25) is 0 Å². The normalized spacial score (nSPS) is 22.3. The van der Waals surface area contributed by atoms with Crippen LogP contribution in [-0.2, 0) is 0 Å². The second-order valence-corrected chi connectivity index (χ2v) is 3.88. The van der Waals surface area contributed by atoms with E-state index in [1.165, 1.54) is 16.7 Å². The lowest BCUT2D eigenvalue weighted by Gasteiger charge is -2.19. The zero-order chi connectivity index (χ0) is 10.1. The molecule has 0 fully saturated rings. The van der Waals surface area contributed by atoms with Gasteiger partial charge in [-0.25, -0.2) is 0 Å². The topological polar surface area (TPSA) is 0 Å². The average molecular weight is 192 g/mol. The minimum Gasteiger partial charge on any atom is -0.0726 e. The SMILES string of the molecule is C1=CC2=CC=CC(c3ccccc3)C2=C1. The summed E-state index contributed by atoms with van der Waals surface area (Å²) in [5.41, 5.74) is 4.14. The predicted octanol–water partition coefficient (Wildman–Crippen LogP) is 3.76. The molecular formula is C15H12. The summed E-state index contributed by atoms with van der Waals surface area (Å²) in [6.45, 7) is 0. The number of fused-ring (bicyclic) bond motifs is 1. The molecule has 0 N–H and O–H groups in total. The van der Waals surface area contributed by atoms with E-state index in [1.807, 2.05) is 0 Å². The summed E-state index contributed by atoms with van der Waals surface area (Å²) in [6.07, 6.45) is 13.1. The molecule has 0 saturated heterocycles. The second-order valence-electron chi connectivity index (χ2n) is 3.88. The molecule has 2 aliphatic carbocycles. The molecule has 0 aliphatic heterocycles. The Labute approximate surface area is 89.9 Å². The Hall–Kier alpha value is -1.82. The Morgan fingerprint density at radius 2 is 1.73 bits per heavy atom. The van der Waals surface area contributed by atoms with Gasteiger partial charge in [-0.2, -0.15) is 0 Å². The van der Waals surface area contributed by atoms with E-state index in [1.54, 1.807) is 0 Å². The van der Waals surface area contributed by atoms with Gasteiger partial charge >= 0.3 is 0 Å². The molecule has 0 saturated carbocycles. The smallest absolute Gasteiger partial charge is 0.0278 e. The van der Waals surface area contributed by atoms with Crippen molar-refractivity contribution in [3.8, 4) is 0 Å². The highest BCUT2D eigenvalue weighted by Gasteiger charge is 2.19. The Kier molecular flexibility index (Phi) is 1.92. The molecule has 1 aromatic carbocycles. The zero-order valence-corrected chi connectivity index (χ0v) is 8.43. The van der Waals surface area contributed by atoms with Crippen LogP contribution in [0.5, 0.6) is 0 Å². The van der Waals surface area contributed by atoms with Crippen LogP contribution in [0, 0.1) is 0 Å². The summed E-state index contributed by atoms with van der Waals surface area (Å²) in [6, 6.07) is 10.6. The van der Waals surface area contributed by atoms with Gasteiger partial charge in [0.05, 0.1) is 0 Å². The minimum absolute atomic E-state index is 0.432. The third-order valence-corrected chi connectivity index (χ3v) is 2.96. The minimum atomic E-state index is 0.432. The summed E-state index contributed by atoms with van der Waals surface area (Å²) < 4.78 is 0. The highest BCUT2D eigenvalue weighted by atomic mass is 14.2. The Bertz CT molecular complexity index is 484. The highest BCUT2D eigenvalue weighted by Crippen LogP contribution is 2.36. The van der Waals surface area contributed by atoms with Crippen LogP contribution in [0.25, 0.3) is 0 Å². The van der Waals surface area contributed by atoms with E-state index >= 15 is 0 Å². The maximum atomic E-state index is 2.26. The predicted molar refractivity (Wildman–Crippen MR) is 63.6 cm³/mol. The molecule has 0 aromatic heterocycles. The van der Waals surface area contributed by atoms with E-state index in [-0.39, 0.29) is 0 Å². The molecule has 1 aromatic rings. The number of allylic oxidation sites excluding steroid dienone is 8. The van der Waals surface area contributed by atoms with Crippen LogP contribution in [0.1, 0.15) is 11.5 Å². The summed E-state index contributed by atoms with van der Waals surface area (Å²) in [7, 11) is 0. The first-order valence-electron chi connectivity index (χ1n) is 5.27. The highest BCUT2D eigenvalue weighted by molar-refractivity contribution is 5.58. The van der Waals surface area contributed by atoms with Gasteiger partial charge in [0.1, 0.15) is 0 Å². The molecule has 72 valence electrons. The number of hydrogen-bond donors (Lipinski definition) is 0. The van der Waals surface area contributed by atoms with Crippen molar-refractivity contribution in [1.29, 1.82) is 0 Å². The first kappa shape index (κ1) is 8.49. The van der Waals surface area contributed by atoms with Crippen LogP contribution in [0.3, 0.4) is 0 Å². The van der Waals surface area contributed by atoms with E-state index < -0.39 is 0 Å². The summed E-state index contributed by atoms with van der Waals surface area (Å²) in [5.74, 6) is 0.432. The summed E-state index contributed by atoms with van der Waals surface area (Å²) >= 11 is 0. The van der Waals surface area contributed by atoms with Gasteiger partial charge in [-0.15, -0.1) is 0 Å². The van der Waals surface area contributed by atoms with Crippen molar-refractivity contribution in [3.05, 3.63) is 83.5 Å². The van der Waals surface area contributed by atoms with Crippen molar-refractivity contribution in [2.75, 3.05) is 0 Å². The molecule has 0 nitrogen and oxygen atoms in total. The third kappa shape index (κ3) is 1.39. The third-order valence-electron chi connectivity index (χ3n) is 2.96. The van der Waals surface area contributed by atoms with Gasteiger partial charge in [0.25, 0.3) is 0 Å². The molecule has 0 heteroatoms. The molecule has 2 aliphatic rings. The zero-order valence-electron chi connectivity index (χ0n) is 8.43. The first-order chi connectivity index (χ1) is 7.45. The van der Waals surface area contributed by atoms with Gasteiger partial charge in [-0.3, -0.25) is 0 Å². The Balaban J connectivity index is 2.03. The van der Waals surface area contributed by atoms with E-state index in [0.29, 0.717) is 5.92 Å². The van der Waals surface area contributed by atoms with Gasteiger partial charge in [0, 0.05) is 5.92 Å². The fourth-order valence-corrected chi connectivity index (χ4v) is 2.21.